The molecule has 1 aliphatic rings. The highest BCUT2D eigenvalue weighted by molar-refractivity contribution is 8.00. The van der Waals surface area contributed by atoms with Gasteiger partial charge in [-0.2, -0.15) is 0 Å². The summed E-state index contributed by atoms with van der Waals surface area (Å²) in [7, 11) is 0. The fraction of sp³-hybridized carbons (Fsp3) is 0.600. The summed E-state index contributed by atoms with van der Waals surface area (Å²) in [6, 6.07) is -0.721. The lowest BCUT2D eigenvalue weighted by Crippen LogP contribution is -2.45. The van der Waals surface area contributed by atoms with Crippen molar-refractivity contribution in [3.05, 3.63) is 0 Å². The van der Waals surface area contributed by atoms with E-state index < -0.39 is 12.0 Å². The first-order valence-corrected chi connectivity index (χ1v) is 5.75. The van der Waals surface area contributed by atoms with E-state index in [9.17, 15) is 9.59 Å². The van der Waals surface area contributed by atoms with Crippen LogP contribution >= 0.6 is 11.8 Å². The maximum Gasteiger partial charge on any atom is 0.327 e. The van der Waals surface area contributed by atoms with Crippen molar-refractivity contribution in [2.75, 3.05) is 5.75 Å². The van der Waals surface area contributed by atoms with E-state index in [0.717, 1.165) is 6.42 Å². The van der Waals surface area contributed by atoms with Crippen molar-refractivity contribution in [2.45, 2.75) is 31.2 Å². The molecular weight excluding hydrogens is 214 g/mol. The maximum absolute atomic E-state index is 11.6. The highest BCUT2D eigenvalue weighted by atomic mass is 32.2. The molecule has 1 aliphatic heterocycles. The fourth-order valence-electron chi connectivity index (χ4n) is 1.58. The molecule has 2 atom stereocenters. The molecule has 0 saturated carbocycles. The van der Waals surface area contributed by atoms with Gasteiger partial charge in [-0.15, -0.1) is 18.2 Å². The SMILES string of the molecule is C#CCC(=O)N1C(CC)SCC1C(=O)O. The van der Waals surface area contributed by atoms with Gasteiger partial charge in [0.25, 0.3) is 0 Å². The molecule has 1 N–H and O–H groups in total. The molecule has 0 aromatic rings. The first-order chi connectivity index (χ1) is 7.11. The van der Waals surface area contributed by atoms with Crippen molar-refractivity contribution < 1.29 is 14.7 Å². The van der Waals surface area contributed by atoms with Gasteiger partial charge in [-0.05, 0) is 6.42 Å². The molecule has 0 aromatic carbocycles. The van der Waals surface area contributed by atoms with Crippen LogP contribution in [-0.4, -0.2) is 39.1 Å². The first kappa shape index (κ1) is 11.9. The highest BCUT2D eigenvalue weighted by Crippen LogP contribution is 2.31. The number of carboxylic acids is 1. The van der Waals surface area contributed by atoms with Gasteiger partial charge in [0.2, 0.25) is 5.91 Å². The number of carboxylic acid groups (broad SMARTS) is 1. The number of carbonyl (C=O) groups is 2. The molecule has 82 valence electrons. The molecule has 2 unspecified atom stereocenters. The molecule has 15 heavy (non-hydrogen) atoms. The third-order valence-electron chi connectivity index (χ3n) is 2.27. The van der Waals surface area contributed by atoms with E-state index in [2.05, 4.69) is 5.92 Å². The average molecular weight is 227 g/mol. The van der Waals surface area contributed by atoms with Gasteiger partial charge in [0.05, 0.1) is 11.8 Å². The maximum atomic E-state index is 11.6. The topological polar surface area (TPSA) is 57.6 Å². The summed E-state index contributed by atoms with van der Waals surface area (Å²) in [5.74, 6) is 1.49. The summed E-state index contributed by atoms with van der Waals surface area (Å²) in [4.78, 5) is 24.0. The Bertz CT molecular complexity index is 310. The van der Waals surface area contributed by atoms with Gasteiger partial charge >= 0.3 is 5.97 Å². The van der Waals surface area contributed by atoms with E-state index in [1.165, 1.54) is 16.7 Å². The third kappa shape index (κ3) is 2.45. The van der Waals surface area contributed by atoms with Crippen LogP contribution in [0, 0.1) is 12.3 Å². The van der Waals surface area contributed by atoms with Crippen LogP contribution in [0.5, 0.6) is 0 Å². The molecule has 0 bridgehead atoms. The van der Waals surface area contributed by atoms with Gasteiger partial charge in [-0.25, -0.2) is 4.79 Å². The molecule has 0 radical (unpaired) electrons. The Morgan fingerprint density at radius 3 is 2.80 bits per heavy atom. The number of nitrogens with zero attached hydrogens (tertiary/aromatic N) is 1. The number of thioether (sulfide) groups is 1. The fourth-order valence-corrected chi connectivity index (χ4v) is 2.95. The average Bonchev–Trinajstić information content (AvgIpc) is 2.61. The zero-order valence-corrected chi connectivity index (χ0v) is 9.29. The number of rotatable bonds is 3. The number of hydrogen-bond acceptors (Lipinski definition) is 3. The van der Waals surface area contributed by atoms with E-state index in [-0.39, 0.29) is 17.7 Å². The Hall–Kier alpha value is -1.15. The van der Waals surface area contributed by atoms with Crippen LogP contribution in [-0.2, 0) is 9.59 Å². The second kappa shape index (κ2) is 5.08. The zero-order valence-electron chi connectivity index (χ0n) is 8.47. The summed E-state index contributed by atoms with van der Waals surface area (Å²) < 4.78 is 0. The van der Waals surface area contributed by atoms with Crippen LogP contribution in [0.2, 0.25) is 0 Å². The molecule has 0 aliphatic carbocycles. The molecular formula is C10H13NO3S. The van der Waals surface area contributed by atoms with Crippen molar-refractivity contribution in [2.24, 2.45) is 0 Å². The Labute approximate surface area is 93.0 Å². The van der Waals surface area contributed by atoms with Crippen LogP contribution in [0.1, 0.15) is 19.8 Å². The minimum absolute atomic E-state index is 0.0269. The normalized spacial score (nSPS) is 24.9. The summed E-state index contributed by atoms with van der Waals surface area (Å²) in [5, 5.41) is 8.91. The molecule has 1 heterocycles. The predicted molar refractivity (Wildman–Crippen MR) is 58.3 cm³/mol. The van der Waals surface area contributed by atoms with Crippen LogP contribution in [0.4, 0.5) is 0 Å². The van der Waals surface area contributed by atoms with Crippen molar-refractivity contribution in [1.82, 2.24) is 4.90 Å². The van der Waals surface area contributed by atoms with Gasteiger partial charge in [0.15, 0.2) is 0 Å². The largest absolute Gasteiger partial charge is 0.480 e. The molecule has 1 rings (SSSR count). The number of terminal acetylenes is 1. The second-order valence-corrected chi connectivity index (χ2v) is 4.44. The number of carbonyl (C=O) groups excluding carboxylic acids is 1. The molecule has 4 nitrogen and oxygen atoms in total. The summed E-state index contributed by atoms with van der Waals surface area (Å²) in [5.41, 5.74) is 0. The van der Waals surface area contributed by atoms with Crippen LogP contribution in [0.15, 0.2) is 0 Å². The van der Waals surface area contributed by atoms with Crippen molar-refractivity contribution in [1.29, 1.82) is 0 Å². The second-order valence-electron chi connectivity index (χ2n) is 3.23. The standard InChI is InChI=1S/C10H13NO3S/c1-3-5-8(12)11-7(10(13)14)6-15-9(11)4-2/h1,7,9H,4-6H2,2H3,(H,13,14). The van der Waals surface area contributed by atoms with Crippen molar-refractivity contribution >= 4 is 23.6 Å². The van der Waals surface area contributed by atoms with Gasteiger partial charge in [0, 0.05) is 5.75 Å². The van der Waals surface area contributed by atoms with Crippen molar-refractivity contribution in [3.63, 3.8) is 0 Å². The molecule has 1 fully saturated rings. The van der Waals surface area contributed by atoms with Gasteiger partial charge in [0.1, 0.15) is 6.04 Å². The highest BCUT2D eigenvalue weighted by Gasteiger charge is 2.40. The smallest absolute Gasteiger partial charge is 0.327 e. The van der Waals surface area contributed by atoms with Gasteiger partial charge in [-0.1, -0.05) is 12.8 Å². The lowest BCUT2D eigenvalue weighted by Gasteiger charge is -2.25. The van der Waals surface area contributed by atoms with E-state index in [0.29, 0.717) is 5.75 Å². The predicted octanol–water partition coefficient (Wildman–Crippen LogP) is 0.774. The Kier molecular flexibility index (Phi) is 4.04. The molecule has 0 spiro atoms. The van der Waals surface area contributed by atoms with Gasteiger partial charge in [-0.3, -0.25) is 4.79 Å². The van der Waals surface area contributed by atoms with Crippen LogP contribution < -0.4 is 0 Å². The van der Waals surface area contributed by atoms with Crippen LogP contribution in [0.3, 0.4) is 0 Å². The van der Waals surface area contributed by atoms with E-state index in [1.807, 2.05) is 6.92 Å². The minimum atomic E-state index is -0.955. The lowest BCUT2D eigenvalue weighted by atomic mass is 10.2. The number of amides is 1. The van der Waals surface area contributed by atoms with Gasteiger partial charge < -0.3 is 10.0 Å². The first-order valence-electron chi connectivity index (χ1n) is 4.70. The monoisotopic (exact) mass is 227 g/mol. The van der Waals surface area contributed by atoms with E-state index in [1.54, 1.807) is 0 Å². The van der Waals surface area contributed by atoms with Crippen LogP contribution in [0.25, 0.3) is 0 Å². The summed E-state index contributed by atoms with van der Waals surface area (Å²) >= 11 is 1.50. The number of hydrogen-bond donors (Lipinski definition) is 1. The minimum Gasteiger partial charge on any atom is -0.480 e. The molecule has 0 aromatic heterocycles. The Morgan fingerprint density at radius 1 is 1.67 bits per heavy atom. The molecule has 5 heteroatoms. The Balaban J connectivity index is 2.81. The third-order valence-corrected chi connectivity index (χ3v) is 3.72. The summed E-state index contributed by atoms with van der Waals surface area (Å²) in [6.07, 6.45) is 5.77. The molecule has 1 saturated heterocycles. The zero-order chi connectivity index (χ0) is 11.4. The molecule has 1 amide bonds. The van der Waals surface area contributed by atoms with Crippen molar-refractivity contribution in [3.8, 4) is 12.3 Å². The Morgan fingerprint density at radius 2 is 2.33 bits per heavy atom. The number of aliphatic carboxylic acids is 1. The van der Waals surface area contributed by atoms with E-state index >= 15 is 0 Å². The lowest BCUT2D eigenvalue weighted by molar-refractivity contribution is -0.148. The van der Waals surface area contributed by atoms with E-state index in [4.69, 9.17) is 11.5 Å². The quantitative estimate of drug-likeness (QED) is 0.724. The summed E-state index contributed by atoms with van der Waals surface area (Å²) in [6.45, 7) is 1.93.